The average molecular weight is 410 g/mol. The number of carbonyl (C=O) groups is 1. The zero-order chi connectivity index (χ0) is 20.2. The Morgan fingerprint density at radius 2 is 2.14 bits per heavy atom. The molecule has 0 spiro atoms. The Labute approximate surface area is 175 Å². The quantitative estimate of drug-likeness (QED) is 0.613. The highest BCUT2D eigenvalue weighted by atomic mass is 32.1. The van der Waals surface area contributed by atoms with E-state index in [1.165, 1.54) is 31.5 Å². The lowest BCUT2D eigenvalue weighted by molar-refractivity contribution is -0.115. The first-order valence-electron chi connectivity index (χ1n) is 10.2. The molecule has 29 heavy (non-hydrogen) atoms. The molecule has 152 valence electrons. The lowest BCUT2D eigenvalue weighted by atomic mass is 10.00. The molecule has 0 bridgehead atoms. The van der Waals surface area contributed by atoms with Crippen LogP contribution in [-0.4, -0.2) is 28.9 Å². The number of hydrogen-bond donors (Lipinski definition) is 1. The Kier molecular flexibility index (Phi) is 6.11. The van der Waals surface area contributed by atoms with E-state index in [0.717, 1.165) is 23.0 Å². The molecular weight excluding hydrogens is 382 g/mol. The molecule has 2 aromatic heterocycles. The summed E-state index contributed by atoms with van der Waals surface area (Å²) in [4.78, 5) is 20.5. The van der Waals surface area contributed by atoms with Gasteiger partial charge in [-0.1, -0.05) is 25.1 Å². The van der Waals surface area contributed by atoms with Crippen LogP contribution in [0.3, 0.4) is 0 Å². The van der Waals surface area contributed by atoms with Crippen molar-refractivity contribution in [1.29, 1.82) is 0 Å². The molecule has 1 aromatic carbocycles. The van der Waals surface area contributed by atoms with E-state index in [4.69, 9.17) is 4.42 Å². The summed E-state index contributed by atoms with van der Waals surface area (Å²) in [6.07, 6.45) is 2.82. The Morgan fingerprint density at radius 3 is 2.86 bits per heavy atom. The van der Waals surface area contributed by atoms with Crippen molar-refractivity contribution in [3.63, 3.8) is 0 Å². The number of aryl methyl sites for hydroxylation is 1. The van der Waals surface area contributed by atoms with Crippen LogP contribution in [-0.2, 0) is 17.8 Å². The Bertz CT molecular complexity index is 947. The average Bonchev–Trinajstić information content (AvgIpc) is 3.34. The number of rotatable bonds is 6. The number of likely N-dealkylation sites (tertiary alicyclic amines) is 1. The van der Waals surface area contributed by atoms with E-state index in [9.17, 15) is 4.79 Å². The maximum Gasteiger partial charge on any atom is 0.236 e. The van der Waals surface area contributed by atoms with Crippen LogP contribution in [0.25, 0.3) is 10.8 Å². The molecule has 6 heteroatoms. The first-order valence-corrected chi connectivity index (χ1v) is 11.1. The number of hydrogen-bond acceptors (Lipinski definition) is 5. The highest BCUT2D eigenvalue weighted by molar-refractivity contribution is 7.13. The van der Waals surface area contributed by atoms with Gasteiger partial charge in [-0.05, 0) is 61.4 Å². The standard InChI is InChI=1S/C23H27N3O2S/c1-16-5-3-11-26(14-16)15-18-7-9-19(10-8-18)24-22(27)13-20-17(2)28-23(25-20)21-6-4-12-29-21/h4,6-10,12,16H,3,5,11,13-15H2,1-2H3,(H,24,27). The van der Waals surface area contributed by atoms with Gasteiger partial charge in [0.25, 0.3) is 0 Å². The van der Waals surface area contributed by atoms with E-state index >= 15 is 0 Å². The zero-order valence-corrected chi connectivity index (χ0v) is 17.8. The predicted octanol–water partition coefficient (Wildman–Crippen LogP) is 5.12. The number of oxazole rings is 1. The lowest BCUT2D eigenvalue weighted by Gasteiger charge is -2.30. The molecule has 0 radical (unpaired) electrons. The van der Waals surface area contributed by atoms with E-state index < -0.39 is 0 Å². The summed E-state index contributed by atoms with van der Waals surface area (Å²) < 4.78 is 5.72. The second-order valence-electron chi connectivity index (χ2n) is 7.90. The number of piperidine rings is 1. The van der Waals surface area contributed by atoms with Crippen molar-refractivity contribution in [3.8, 4) is 10.8 Å². The fourth-order valence-electron chi connectivity index (χ4n) is 3.84. The molecule has 1 atom stereocenters. The van der Waals surface area contributed by atoms with Crippen LogP contribution in [0.2, 0.25) is 0 Å². The van der Waals surface area contributed by atoms with Crippen LogP contribution in [0.1, 0.15) is 36.8 Å². The van der Waals surface area contributed by atoms with E-state index in [-0.39, 0.29) is 12.3 Å². The smallest absolute Gasteiger partial charge is 0.236 e. The van der Waals surface area contributed by atoms with Crippen LogP contribution in [0.5, 0.6) is 0 Å². The molecule has 1 amide bonds. The topological polar surface area (TPSA) is 58.4 Å². The van der Waals surface area contributed by atoms with Crippen molar-refractivity contribution in [3.05, 3.63) is 58.8 Å². The minimum absolute atomic E-state index is 0.0864. The third-order valence-corrected chi connectivity index (χ3v) is 6.20. The minimum atomic E-state index is -0.0864. The molecular formula is C23H27N3O2S. The molecule has 5 nitrogen and oxygen atoms in total. The fraction of sp³-hybridized carbons (Fsp3) is 0.391. The van der Waals surface area contributed by atoms with Crippen LogP contribution in [0, 0.1) is 12.8 Å². The van der Waals surface area contributed by atoms with Gasteiger partial charge >= 0.3 is 0 Å². The maximum absolute atomic E-state index is 12.5. The highest BCUT2D eigenvalue weighted by Gasteiger charge is 2.17. The summed E-state index contributed by atoms with van der Waals surface area (Å²) in [5.41, 5.74) is 2.78. The largest absolute Gasteiger partial charge is 0.440 e. The molecule has 0 saturated carbocycles. The maximum atomic E-state index is 12.5. The molecule has 1 saturated heterocycles. The Balaban J connectivity index is 1.33. The monoisotopic (exact) mass is 409 g/mol. The predicted molar refractivity (Wildman–Crippen MR) is 117 cm³/mol. The Morgan fingerprint density at radius 1 is 1.31 bits per heavy atom. The molecule has 4 rings (SSSR count). The molecule has 1 aliphatic rings. The Hall–Kier alpha value is -2.44. The van der Waals surface area contributed by atoms with Gasteiger partial charge < -0.3 is 9.73 Å². The van der Waals surface area contributed by atoms with Crippen molar-refractivity contribution < 1.29 is 9.21 Å². The van der Waals surface area contributed by atoms with Crippen molar-refractivity contribution in [2.24, 2.45) is 5.92 Å². The van der Waals surface area contributed by atoms with Gasteiger partial charge in [-0.15, -0.1) is 11.3 Å². The number of nitrogens with zero attached hydrogens (tertiary/aromatic N) is 2. The molecule has 1 fully saturated rings. The van der Waals surface area contributed by atoms with Gasteiger partial charge in [0.2, 0.25) is 11.8 Å². The van der Waals surface area contributed by atoms with Crippen LogP contribution in [0.4, 0.5) is 5.69 Å². The highest BCUT2D eigenvalue weighted by Crippen LogP contribution is 2.26. The van der Waals surface area contributed by atoms with Crippen LogP contribution in [0.15, 0.2) is 46.2 Å². The van der Waals surface area contributed by atoms with Gasteiger partial charge in [-0.3, -0.25) is 9.69 Å². The molecule has 1 N–H and O–H groups in total. The van der Waals surface area contributed by atoms with Crippen molar-refractivity contribution in [1.82, 2.24) is 9.88 Å². The molecule has 0 aliphatic carbocycles. The summed E-state index contributed by atoms with van der Waals surface area (Å²) in [7, 11) is 0. The minimum Gasteiger partial charge on any atom is -0.440 e. The van der Waals surface area contributed by atoms with Gasteiger partial charge in [-0.2, -0.15) is 0 Å². The van der Waals surface area contributed by atoms with Crippen molar-refractivity contribution in [2.45, 2.75) is 39.7 Å². The fourth-order valence-corrected chi connectivity index (χ4v) is 4.49. The van der Waals surface area contributed by atoms with E-state index in [2.05, 4.69) is 34.3 Å². The number of aromatic nitrogens is 1. The SMILES string of the molecule is Cc1oc(-c2cccs2)nc1CC(=O)Nc1ccc(CN2CCCC(C)C2)cc1. The number of thiophene rings is 1. The van der Waals surface area contributed by atoms with Gasteiger partial charge in [0, 0.05) is 18.8 Å². The summed E-state index contributed by atoms with van der Waals surface area (Å²) in [6.45, 7) is 7.49. The molecule has 3 aromatic rings. The van der Waals surface area contributed by atoms with Gasteiger partial charge in [0.05, 0.1) is 17.0 Å². The van der Waals surface area contributed by atoms with Gasteiger partial charge in [-0.25, -0.2) is 4.98 Å². The lowest BCUT2D eigenvalue weighted by Crippen LogP contribution is -2.33. The zero-order valence-electron chi connectivity index (χ0n) is 17.0. The molecule has 1 unspecified atom stereocenters. The second kappa shape index (κ2) is 8.93. The summed E-state index contributed by atoms with van der Waals surface area (Å²) >= 11 is 1.57. The first kappa shape index (κ1) is 19.9. The van der Waals surface area contributed by atoms with E-state index in [1.807, 2.05) is 36.6 Å². The first-order chi connectivity index (χ1) is 14.1. The summed E-state index contributed by atoms with van der Waals surface area (Å²) in [6, 6.07) is 12.1. The molecule has 1 aliphatic heterocycles. The van der Waals surface area contributed by atoms with Crippen molar-refractivity contribution >= 4 is 22.9 Å². The number of amides is 1. The normalized spacial score (nSPS) is 17.4. The van der Waals surface area contributed by atoms with Crippen LogP contribution >= 0.6 is 11.3 Å². The van der Waals surface area contributed by atoms with Crippen LogP contribution < -0.4 is 5.32 Å². The second-order valence-corrected chi connectivity index (χ2v) is 8.85. The number of nitrogens with one attached hydrogen (secondary N) is 1. The number of carbonyl (C=O) groups excluding carboxylic acids is 1. The molecule has 3 heterocycles. The van der Waals surface area contributed by atoms with E-state index in [0.29, 0.717) is 17.3 Å². The number of anilines is 1. The summed E-state index contributed by atoms with van der Waals surface area (Å²) in [5, 5.41) is 4.95. The van der Waals surface area contributed by atoms with Gasteiger partial charge in [0.1, 0.15) is 5.76 Å². The number of benzene rings is 1. The third kappa shape index (κ3) is 5.14. The van der Waals surface area contributed by atoms with Gasteiger partial charge in [0.15, 0.2) is 0 Å². The third-order valence-electron chi connectivity index (χ3n) is 5.34. The van der Waals surface area contributed by atoms with Crippen molar-refractivity contribution in [2.75, 3.05) is 18.4 Å². The van der Waals surface area contributed by atoms with E-state index in [1.54, 1.807) is 11.3 Å². The summed E-state index contributed by atoms with van der Waals surface area (Å²) in [5.74, 6) is 1.96.